The number of thiophene rings is 1. The third kappa shape index (κ3) is 4.99. The monoisotopic (exact) mass is 526 g/mol. The number of piperidine rings is 1. The summed E-state index contributed by atoms with van der Waals surface area (Å²) in [6, 6.07) is 7.47. The number of likely N-dealkylation sites (tertiary alicyclic amines) is 1. The molecular formula is C28H34N2O6S. The average Bonchev–Trinajstić information content (AvgIpc) is 3.34. The minimum atomic E-state index is -1.17. The lowest BCUT2D eigenvalue weighted by Crippen LogP contribution is -2.61. The quantitative estimate of drug-likeness (QED) is 0.490. The number of rotatable bonds is 9. The van der Waals surface area contributed by atoms with Crippen molar-refractivity contribution in [3.8, 4) is 0 Å². The molecule has 198 valence electrons. The van der Waals surface area contributed by atoms with Crippen LogP contribution in [0.5, 0.6) is 0 Å². The molecule has 0 spiro atoms. The molecule has 0 radical (unpaired) electrons. The van der Waals surface area contributed by atoms with Crippen LogP contribution in [-0.4, -0.2) is 42.0 Å². The number of carbonyl (C=O) groups is 3. The Hall–Kier alpha value is -2.91. The van der Waals surface area contributed by atoms with E-state index >= 15 is 0 Å². The first kappa shape index (κ1) is 25.7. The van der Waals surface area contributed by atoms with Gasteiger partial charge >= 0.3 is 5.97 Å². The predicted octanol–water partition coefficient (Wildman–Crippen LogP) is 4.27. The van der Waals surface area contributed by atoms with Crippen molar-refractivity contribution in [3.05, 3.63) is 58.3 Å². The molecular weight excluding hydrogens is 492 g/mol. The van der Waals surface area contributed by atoms with Gasteiger partial charge in [-0.25, -0.2) is 0 Å². The number of nitrogens with one attached hydrogen (secondary N) is 1. The fourth-order valence-electron chi connectivity index (χ4n) is 5.67. The number of carbonyl (C=O) groups excluding carboxylic acids is 3. The van der Waals surface area contributed by atoms with E-state index in [1.807, 2.05) is 29.7 Å². The Morgan fingerprint density at radius 3 is 2.70 bits per heavy atom. The average molecular weight is 527 g/mol. The van der Waals surface area contributed by atoms with Crippen LogP contribution < -0.4 is 5.32 Å². The molecule has 37 heavy (non-hydrogen) atoms. The second kappa shape index (κ2) is 10.5. The van der Waals surface area contributed by atoms with Crippen molar-refractivity contribution in [1.82, 2.24) is 10.2 Å². The van der Waals surface area contributed by atoms with Crippen LogP contribution in [0.3, 0.4) is 0 Å². The van der Waals surface area contributed by atoms with E-state index < -0.39 is 23.4 Å². The van der Waals surface area contributed by atoms with Gasteiger partial charge in [0.2, 0.25) is 11.8 Å². The number of esters is 1. The predicted molar refractivity (Wildman–Crippen MR) is 137 cm³/mol. The molecule has 0 aromatic carbocycles. The van der Waals surface area contributed by atoms with Gasteiger partial charge in [-0.2, -0.15) is 0 Å². The van der Waals surface area contributed by atoms with Gasteiger partial charge in [0.1, 0.15) is 11.2 Å². The second-order valence-corrected chi connectivity index (χ2v) is 11.6. The van der Waals surface area contributed by atoms with Gasteiger partial charge in [-0.15, -0.1) is 11.3 Å². The van der Waals surface area contributed by atoms with Gasteiger partial charge in [0.25, 0.3) is 0 Å². The van der Waals surface area contributed by atoms with Gasteiger partial charge in [0.05, 0.1) is 38.7 Å². The summed E-state index contributed by atoms with van der Waals surface area (Å²) >= 11 is 1.56. The number of nitrogens with zero attached hydrogens (tertiary/aromatic N) is 1. The van der Waals surface area contributed by atoms with Gasteiger partial charge in [0, 0.05) is 22.9 Å². The van der Waals surface area contributed by atoms with Gasteiger partial charge in [-0.3, -0.25) is 14.4 Å². The normalized spacial score (nSPS) is 27.6. The minimum absolute atomic E-state index is 0.0180. The highest BCUT2D eigenvalue weighted by molar-refractivity contribution is 7.09. The lowest BCUT2D eigenvalue weighted by atomic mass is 9.64. The van der Waals surface area contributed by atoms with Crippen LogP contribution in [0.25, 0.3) is 0 Å². The largest absolute Gasteiger partial charge is 0.468 e. The molecule has 1 aliphatic carbocycles. The lowest BCUT2D eigenvalue weighted by Gasteiger charge is -2.52. The number of hydrogen-bond acceptors (Lipinski definition) is 7. The topological polar surface area (TPSA) is 98.1 Å². The molecule has 1 saturated heterocycles. The molecule has 4 atom stereocenters. The fraction of sp³-hybridized carbons (Fsp3) is 0.536. The lowest BCUT2D eigenvalue weighted by molar-refractivity contribution is -0.182. The molecule has 4 heterocycles. The van der Waals surface area contributed by atoms with E-state index in [0.29, 0.717) is 18.0 Å². The molecule has 1 N–H and O–H groups in total. The van der Waals surface area contributed by atoms with E-state index in [-0.39, 0.29) is 49.1 Å². The SMILES string of the molecule is COC(=O)[C@]12C[C@H](CC(=O)NCc3cccs3)C(=O)N(Cc3ccco3)C1=C[C@H](C(C)C)O[C@@H]2C1CC1. The molecule has 2 aromatic rings. The third-order valence-corrected chi connectivity index (χ3v) is 8.54. The summed E-state index contributed by atoms with van der Waals surface area (Å²) in [5, 5.41) is 4.89. The first-order chi connectivity index (χ1) is 17.8. The zero-order valence-corrected chi connectivity index (χ0v) is 22.3. The van der Waals surface area contributed by atoms with Crippen molar-refractivity contribution in [2.75, 3.05) is 7.11 Å². The van der Waals surface area contributed by atoms with E-state index in [9.17, 15) is 14.4 Å². The van der Waals surface area contributed by atoms with Crippen LogP contribution in [0.15, 0.2) is 52.1 Å². The van der Waals surface area contributed by atoms with Crippen molar-refractivity contribution in [3.63, 3.8) is 0 Å². The second-order valence-electron chi connectivity index (χ2n) is 10.6. The molecule has 1 saturated carbocycles. The standard InChI is InChI=1S/C28H34N2O6S/c1-17(2)22-13-23-28(27(33)34-3,25(36-22)18-8-9-18)14-19(12-24(31)29-15-21-7-5-11-37-21)26(32)30(23)16-20-6-4-10-35-20/h4-7,10-11,13,17-19,22,25H,8-9,12,14-16H2,1-3H3,(H,29,31)/t19-,22+,25+,28+/m0/s1. The minimum Gasteiger partial charge on any atom is -0.468 e. The first-order valence-electron chi connectivity index (χ1n) is 12.9. The van der Waals surface area contributed by atoms with Gasteiger partial charge in [0.15, 0.2) is 0 Å². The van der Waals surface area contributed by atoms with Crippen LogP contribution in [0.1, 0.15) is 50.2 Å². The van der Waals surface area contributed by atoms with Crippen molar-refractivity contribution in [2.45, 2.75) is 64.8 Å². The Morgan fingerprint density at radius 2 is 2.08 bits per heavy atom. The maximum atomic E-state index is 14.0. The molecule has 3 aliphatic rings. The Bertz CT molecular complexity index is 1150. The summed E-state index contributed by atoms with van der Waals surface area (Å²) < 4.78 is 17.6. The Balaban J connectivity index is 1.52. The first-order valence-corrected chi connectivity index (χ1v) is 13.8. The zero-order chi connectivity index (χ0) is 26.2. The number of hydrogen-bond donors (Lipinski definition) is 1. The molecule has 2 aliphatic heterocycles. The molecule has 2 aromatic heterocycles. The van der Waals surface area contributed by atoms with E-state index in [0.717, 1.165) is 17.7 Å². The van der Waals surface area contributed by atoms with E-state index in [2.05, 4.69) is 19.2 Å². The Labute approximate surface area is 221 Å². The van der Waals surface area contributed by atoms with Crippen LogP contribution >= 0.6 is 11.3 Å². The van der Waals surface area contributed by atoms with Crippen molar-refractivity contribution >= 4 is 29.1 Å². The maximum Gasteiger partial charge on any atom is 0.320 e. The summed E-state index contributed by atoms with van der Waals surface area (Å²) in [7, 11) is 1.38. The van der Waals surface area contributed by atoms with Crippen LogP contribution in [0.4, 0.5) is 0 Å². The molecule has 5 rings (SSSR count). The molecule has 9 heteroatoms. The molecule has 2 fully saturated rings. The number of ether oxygens (including phenoxy) is 2. The highest BCUT2D eigenvalue weighted by Gasteiger charge is 2.64. The summed E-state index contributed by atoms with van der Waals surface area (Å²) in [6.07, 6.45) is 4.91. The fourth-order valence-corrected chi connectivity index (χ4v) is 6.31. The summed E-state index contributed by atoms with van der Waals surface area (Å²) in [5.74, 6) is -0.564. The zero-order valence-electron chi connectivity index (χ0n) is 21.5. The summed E-state index contributed by atoms with van der Waals surface area (Å²) in [4.78, 5) is 43.3. The Morgan fingerprint density at radius 1 is 1.27 bits per heavy atom. The van der Waals surface area contributed by atoms with Crippen molar-refractivity contribution < 1.29 is 28.3 Å². The highest BCUT2D eigenvalue weighted by Crippen LogP contribution is 2.56. The number of methoxy groups -OCH3 is 1. The Kier molecular flexibility index (Phi) is 7.27. The highest BCUT2D eigenvalue weighted by atomic mass is 32.1. The van der Waals surface area contributed by atoms with Crippen LogP contribution in [-0.2, 0) is 36.9 Å². The number of amides is 2. The van der Waals surface area contributed by atoms with Crippen LogP contribution in [0, 0.1) is 23.2 Å². The van der Waals surface area contributed by atoms with Crippen molar-refractivity contribution in [2.24, 2.45) is 23.2 Å². The molecule has 0 unspecified atom stereocenters. The molecule has 2 amide bonds. The van der Waals surface area contributed by atoms with E-state index in [1.54, 1.807) is 28.6 Å². The van der Waals surface area contributed by atoms with Crippen LogP contribution in [0.2, 0.25) is 0 Å². The van der Waals surface area contributed by atoms with E-state index in [4.69, 9.17) is 13.9 Å². The molecule has 8 nitrogen and oxygen atoms in total. The van der Waals surface area contributed by atoms with Gasteiger partial charge < -0.3 is 24.1 Å². The number of fused-ring (bicyclic) bond motifs is 1. The maximum absolute atomic E-state index is 14.0. The van der Waals surface area contributed by atoms with Gasteiger partial charge in [-0.1, -0.05) is 19.9 Å². The van der Waals surface area contributed by atoms with Gasteiger partial charge in [-0.05, 0) is 60.8 Å². The smallest absolute Gasteiger partial charge is 0.320 e. The summed E-state index contributed by atoms with van der Waals surface area (Å²) in [6.45, 7) is 4.72. The van der Waals surface area contributed by atoms with E-state index in [1.165, 1.54) is 7.11 Å². The molecule has 0 bridgehead atoms. The summed E-state index contributed by atoms with van der Waals surface area (Å²) in [5.41, 5.74) is -0.543. The third-order valence-electron chi connectivity index (χ3n) is 7.67. The van der Waals surface area contributed by atoms with Crippen molar-refractivity contribution in [1.29, 1.82) is 0 Å². The number of furan rings is 1.